The molecule has 0 saturated heterocycles. The molecule has 0 aliphatic heterocycles. The Balaban J connectivity index is 1.87. The minimum absolute atomic E-state index is 0.0275. The third-order valence-electron chi connectivity index (χ3n) is 3.12. The van der Waals surface area contributed by atoms with Gasteiger partial charge in [0.15, 0.2) is 0 Å². The topological polar surface area (TPSA) is 54.0 Å². The molecule has 2 aromatic rings. The molecule has 0 radical (unpaired) electrons. The van der Waals surface area contributed by atoms with Crippen LogP contribution in [0.15, 0.2) is 42.6 Å². The summed E-state index contributed by atoms with van der Waals surface area (Å²) in [6.07, 6.45) is 3.05. The summed E-state index contributed by atoms with van der Waals surface area (Å²) in [5.74, 6) is 0.823. The highest BCUT2D eigenvalue weighted by atomic mass is 16.1. The van der Waals surface area contributed by atoms with Crippen molar-refractivity contribution in [1.29, 1.82) is 0 Å². The van der Waals surface area contributed by atoms with E-state index in [4.69, 9.17) is 0 Å². The highest BCUT2D eigenvalue weighted by molar-refractivity contribution is 5.90. The van der Waals surface area contributed by atoms with Gasteiger partial charge in [-0.15, -0.1) is 0 Å². The van der Waals surface area contributed by atoms with E-state index in [2.05, 4.69) is 46.8 Å². The molecule has 4 heteroatoms. The molecule has 1 aromatic heterocycles. The summed E-state index contributed by atoms with van der Waals surface area (Å²) in [4.78, 5) is 15.8. The molecule has 1 amide bonds. The summed E-state index contributed by atoms with van der Waals surface area (Å²) in [7, 11) is 0. The number of carbonyl (C=O) groups is 1. The lowest BCUT2D eigenvalue weighted by molar-refractivity contribution is -0.116. The number of hydrogen-bond donors (Lipinski definition) is 2. The molecule has 1 aromatic carbocycles. The fourth-order valence-electron chi connectivity index (χ4n) is 1.92. The van der Waals surface area contributed by atoms with Crippen LogP contribution in [0.4, 0.5) is 11.5 Å². The van der Waals surface area contributed by atoms with Crippen molar-refractivity contribution in [2.24, 2.45) is 0 Å². The van der Waals surface area contributed by atoms with Gasteiger partial charge in [-0.3, -0.25) is 4.79 Å². The first-order valence-electron chi connectivity index (χ1n) is 7.22. The number of hydrogen-bond acceptors (Lipinski definition) is 3. The molecule has 110 valence electrons. The number of aryl methyl sites for hydroxylation is 1. The van der Waals surface area contributed by atoms with Crippen molar-refractivity contribution in [1.82, 2.24) is 4.98 Å². The van der Waals surface area contributed by atoms with Gasteiger partial charge in [-0.25, -0.2) is 4.98 Å². The highest BCUT2D eigenvalue weighted by Crippen LogP contribution is 2.12. The number of rotatable bonds is 6. The van der Waals surface area contributed by atoms with Crippen molar-refractivity contribution in [3.8, 4) is 0 Å². The van der Waals surface area contributed by atoms with Gasteiger partial charge in [0, 0.05) is 13.0 Å². The van der Waals surface area contributed by atoms with Crippen LogP contribution in [0.25, 0.3) is 0 Å². The van der Waals surface area contributed by atoms with Gasteiger partial charge in [-0.05, 0) is 31.0 Å². The molecule has 1 heterocycles. The van der Waals surface area contributed by atoms with E-state index in [1.807, 2.05) is 19.1 Å². The third-order valence-corrected chi connectivity index (χ3v) is 3.12. The van der Waals surface area contributed by atoms with Gasteiger partial charge in [-0.2, -0.15) is 0 Å². The molecule has 4 nitrogen and oxygen atoms in total. The molecule has 0 atom stereocenters. The van der Waals surface area contributed by atoms with Crippen molar-refractivity contribution in [3.05, 3.63) is 53.7 Å². The Morgan fingerprint density at radius 1 is 1.14 bits per heavy atom. The van der Waals surface area contributed by atoms with Crippen LogP contribution in [0, 0.1) is 6.92 Å². The van der Waals surface area contributed by atoms with E-state index in [-0.39, 0.29) is 5.91 Å². The second kappa shape index (κ2) is 7.43. The lowest BCUT2D eigenvalue weighted by Crippen LogP contribution is -2.11. The minimum atomic E-state index is 0.0275. The number of aromatic nitrogens is 1. The fraction of sp³-hybridized carbons (Fsp3) is 0.294. The SMILES string of the molecule is CCCC(=O)Nc1ccc(NCc2ccc(C)cc2)nc1. The second-order valence-electron chi connectivity index (χ2n) is 5.07. The Bertz CT molecular complexity index is 576. The van der Waals surface area contributed by atoms with E-state index in [9.17, 15) is 4.79 Å². The predicted octanol–water partition coefficient (Wildman–Crippen LogP) is 3.74. The van der Waals surface area contributed by atoms with E-state index in [0.717, 1.165) is 24.5 Å². The molecule has 0 spiro atoms. The predicted molar refractivity (Wildman–Crippen MR) is 86.3 cm³/mol. The first-order valence-corrected chi connectivity index (χ1v) is 7.22. The van der Waals surface area contributed by atoms with Gasteiger partial charge in [0.05, 0.1) is 11.9 Å². The van der Waals surface area contributed by atoms with E-state index >= 15 is 0 Å². The molecule has 0 unspecified atom stereocenters. The average molecular weight is 283 g/mol. The summed E-state index contributed by atoms with van der Waals surface area (Å²) in [5, 5.41) is 6.08. The monoisotopic (exact) mass is 283 g/mol. The smallest absolute Gasteiger partial charge is 0.224 e. The fourth-order valence-corrected chi connectivity index (χ4v) is 1.92. The number of amides is 1. The Morgan fingerprint density at radius 3 is 2.52 bits per heavy atom. The number of carbonyl (C=O) groups excluding carboxylic acids is 1. The summed E-state index contributed by atoms with van der Waals surface area (Å²) in [5.41, 5.74) is 3.20. The van der Waals surface area contributed by atoms with Crippen LogP contribution in [0.2, 0.25) is 0 Å². The Morgan fingerprint density at radius 2 is 1.90 bits per heavy atom. The molecule has 2 N–H and O–H groups in total. The zero-order chi connectivity index (χ0) is 15.1. The Hall–Kier alpha value is -2.36. The van der Waals surface area contributed by atoms with Gasteiger partial charge in [0.1, 0.15) is 5.82 Å². The number of anilines is 2. The Labute approximate surface area is 125 Å². The lowest BCUT2D eigenvalue weighted by Gasteiger charge is -2.08. The van der Waals surface area contributed by atoms with Crippen molar-refractivity contribution < 1.29 is 4.79 Å². The van der Waals surface area contributed by atoms with Gasteiger partial charge in [0.2, 0.25) is 5.91 Å². The molecule has 0 saturated carbocycles. The summed E-state index contributed by atoms with van der Waals surface area (Å²) < 4.78 is 0. The zero-order valence-corrected chi connectivity index (χ0v) is 12.5. The number of nitrogens with zero attached hydrogens (tertiary/aromatic N) is 1. The first-order chi connectivity index (χ1) is 10.2. The Kier molecular flexibility index (Phi) is 5.32. The van der Waals surface area contributed by atoms with Crippen molar-refractivity contribution in [3.63, 3.8) is 0 Å². The third kappa shape index (κ3) is 4.91. The lowest BCUT2D eigenvalue weighted by atomic mass is 10.1. The maximum absolute atomic E-state index is 11.5. The van der Waals surface area contributed by atoms with Crippen molar-refractivity contribution in [2.45, 2.75) is 33.2 Å². The van der Waals surface area contributed by atoms with Gasteiger partial charge < -0.3 is 10.6 Å². The molecular weight excluding hydrogens is 262 g/mol. The molecule has 0 aliphatic carbocycles. The highest BCUT2D eigenvalue weighted by Gasteiger charge is 2.01. The molecule has 21 heavy (non-hydrogen) atoms. The van der Waals surface area contributed by atoms with Crippen molar-refractivity contribution in [2.75, 3.05) is 10.6 Å². The number of nitrogens with one attached hydrogen (secondary N) is 2. The van der Waals surface area contributed by atoms with Gasteiger partial charge in [-0.1, -0.05) is 36.8 Å². The summed E-state index contributed by atoms with van der Waals surface area (Å²) >= 11 is 0. The van der Waals surface area contributed by atoms with Crippen molar-refractivity contribution >= 4 is 17.4 Å². The standard InChI is InChI=1S/C17H21N3O/c1-3-4-17(21)20-15-9-10-16(19-12-15)18-11-14-7-5-13(2)6-8-14/h5-10,12H,3-4,11H2,1-2H3,(H,18,19)(H,20,21). The van der Waals surface area contributed by atoms with E-state index < -0.39 is 0 Å². The summed E-state index contributed by atoms with van der Waals surface area (Å²) in [6, 6.07) is 12.1. The van der Waals surface area contributed by atoms with Crippen LogP contribution in [0.5, 0.6) is 0 Å². The van der Waals surface area contributed by atoms with Crippen LogP contribution in [0.1, 0.15) is 30.9 Å². The maximum atomic E-state index is 11.5. The average Bonchev–Trinajstić information content (AvgIpc) is 2.48. The van der Waals surface area contributed by atoms with E-state index in [1.54, 1.807) is 6.20 Å². The van der Waals surface area contributed by atoms with Crippen LogP contribution in [-0.2, 0) is 11.3 Å². The van der Waals surface area contributed by atoms with Crippen LogP contribution in [0.3, 0.4) is 0 Å². The van der Waals surface area contributed by atoms with Crippen LogP contribution < -0.4 is 10.6 Å². The molecular formula is C17H21N3O. The zero-order valence-electron chi connectivity index (χ0n) is 12.5. The molecule has 2 rings (SSSR count). The van der Waals surface area contributed by atoms with Gasteiger partial charge in [0.25, 0.3) is 0 Å². The normalized spacial score (nSPS) is 10.2. The quantitative estimate of drug-likeness (QED) is 0.849. The first kappa shape index (κ1) is 15.0. The van der Waals surface area contributed by atoms with Gasteiger partial charge >= 0.3 is 0 Å². The molecule has 0 bridgehead atoms. The van der Waals surface area contributed by atoms with E-state index in [1.165, 1.54) is 11.1 Å². The maximum Gasteiger partial charge on any atom is 0.224 e. The number of pyridine rings is 1. The number of benzene rings is 1. The summed E-state index contributed by atoms with van der Waals surface area (Å²) in [6.45, 7) is 4.79. The molecule has 0 fully saturated rings. The minimum Gasteiger partial charge on any atom is -0.366 e. The molecule has 0 aliphatic rings. The van der Waals surface area contributed by atoms with Crippen LogP contribution >= 0.6 is 0 Å². The second-order valence-corrected chi connectivity index (χ2v) is 5.07. The van der Waals surface area contributed by atoms with Crippen LogP contribution in [-0.4, -0.2) is 10.9 Å². The van der Waals surface area contributed by atoms with E-state index in [0.29, 0.717) is 6.42 Å². The largest absolute Gasteiger partial charge is 0.366 e.